The van der Waals surface area contributed by atoms with Gasteiger partial charge in [-0.25, -0.2) is 0 Å². The molecule has 1 aliphatic carbocycles. The summed E-state index contributed by atoms with van der Waals surface area (Å²) in [5.41, 5.74) is 0.934. The fourth-order valence-electron chi connectivity index (χ4n) is 1.67. The number of nitrogens with zero attached hydrogens (tertiary/aromatic N) is 1. The van der Waals surface area contributed by atoms with E-state index < -0.39 is 0 Å². The third-order valence-electron chi connectivity index (χ3n) is 2.83. The van der Waals surface area contributed by atoms with Crippen LogP contribution in [-0.4, -0.2) is 11.0 Å². The highest BCUT2D eigenvalue weighted by Crippen LogP contribution is 2.30. The van der Waals surface area contributed by atoms with Gasteiger partial charge in [0.2, 0.25) is 0 Å². The van der Waals surface area contributed by atoms with E-state index in [4.69, 9.17) is 4.42 Å². The molecule has 0 unspecified atom stereocenters. The molecular formula is C10H16N2O. The summed E-state index contributed by atoms with van der Waals surface area (Å²) >= 11 is 0. The lowest BCUT2D eigenvalue weighted by Gasteiger charge is -2.31. The lowest BCUT2D eigenvalue weighted by molar-refractivity contribution is 0.282. The van der Waals surface area contributed by atoms with Crippen LogP contribution in [0.5, 0.6) is 0 Å². The van der Waals surface area contributed by atoms with Crippen LogP contribution in [0.2, 0.25) is 0 Å². The molecule has 13 heavy (non-hydrogen) atoms. The number of aromatic nitrogens is 1. The first-order chi connectivity index (χ1) is 6.25. The highest BCUT2D eigenvalue weighted by Gasteiger charge is 2.24. The average molecular weight is 180 g/mol. The Morgan fingerprint density at radius 1 is 1.62 bits per heavy atom. The fourth-order valence-corrected chi connectivity index (χ4v) is 1.67. The molecule has 1 aromatic heterocycles. The Labute approximate surface area is 78.5 Å². The van der Waals surface area contributed by atoms with E-state index in [1.807, 2.05) is 6.92 Å². The van der Waals surface area contributed by atoms with Gasteiger partial charge in [-0.2, -0.15) is 4.98 Å². The van der Waals surface area contributed by atoms with E-state index in [0.29, 0.717) is 12.1 Å². The Hall–Kier alpha value is -0.990. The van der Waals surface area contributed by atoms with Crippen molar-refractivity contribution in [2.24, 2.45) is 5.92 Å². The average Bonchev–Trinajstić information content (AvgIpc) is 2.31. The molecule has 0 amide bonds. The molecule has 0 spiro atoms. The van der Waals surface area contributed by atoms with Crippen molar-refractivity contribution in [3.63, 3.8) is 0 Å². The van der Waals surface area contributed by atoms with Crippen LogP contribution in [0.25, 0.3) is 0 Å². The number of anilines is 1. The molecule has 1 aliphatic rings. The molecule has 3 nitrogen and oxygen atoms in total. The summed E-state index contributed by atoms with van der Waals surface area (Å²) in [4.78, 5) is 4.21. The SMILES string of the molecule is Cc1coc(N[C@@H](C)C2CCC2)n1. The van der Waals surface area contributed by atoms with Gasteiger partial charge in [-0.3, -0.25) is 0 Å². The number of nitrogens with one attached hydrogen (secondary N) is 1. The van der Waals surface area contributed by atoms with Crippen molar-refractivity contribution in [3.05, 3.63) is 12.0 Å². The molecule has 1 N–H and O–H groups in total. The van der Waals surface area contributed by atoms with Gasteiger partial charge in [-0.15, -0.1) is 0 Å². The van der Waals surface area contributed by atoms with Gasteiger partial charge in [-0.1, -0.05) is 6.42 Å². The molecule has 1 atom stereocenters. The summed E-state index contributed by atoms with van der Waals surface area (Å²) in [6, 6.07) is 1.16. The van der Waals surface area contributed by atoms with E-state index >= 15 is 0 Å². The Kier molecular flexibility index (Phi) is 2.25. The second-order valence-electron chi connectivity index (χ2n) is 3.92. The number of hydrogen-bond donors (Lipinski definition) is 1. The summed E-state index contributed by atoms with van der Waals surface area (Å²) < 4.78 is 5.23. The molecule has 1 heterocycles. The lowest BCUT2D eigenvalue weighted by atomic mass is 9.80. The van der Waals surface area contributed by atoms with Crippen LogP contribution < -0.4 is 5.32 Å². The molecule has 1 aromatic rings. The molecule has 1 fully saturated rings. The normalized spacial score (nSPS) is 19.5. The molecule has 0 bridgehead atoms. The van der Waals surface area contributed by atoms with E-state index in [1.165, 1.54) is 19.3 Å². The van der Waals surface area contributed by atoms with Gasteiger partial charge in [0.1, 0.15) is 6.26 Å². The van der Waals surface area contributed by atoms with Crippen molar-refractivity contribution >= 4 is 6.01 Å². The summed E-state index contributed by atoms with van der Waals surface area (Å²) in [6.07, 6.45) is 5.73. The van der Waals surface area contributed by atoms with Crippen molar-refractivity contribution in [3.8, 4) is 0 Å². The van der Waals surface area contributed by atoms with E-state index in [2.05, 4.69) is 17.2 Å². The molecule has 2 rings (SSSR count). The summed E-state index contributed by atoms with van der Waals surface area (Å²) in [7, 11) is 0. The zero-order valence-corrected chi connectivity index (χ0v) is 8.21. The van der Waals surface area contributed by atoms with Gasteiger partial charge in [0.05, 0.1) is 5.69 Å². The maximum atomic E-state index is 5.23. The second kappa shape index (κ2) is 3.40. The second-order valence-corrected chi connectivity index (χ2v) is 3.92. The standard InChI is InChI=1S/C10H16N2O/c1-7-6-13-10(11-7)12-8(2)9-4-3-5-9/h6,8-9H,3-5H2,1-2H3,(H,11,12)/t8-/m0/s1. The van der Waals surface area contributed by atoms with Gasteiger partial charge in [0.25, 0.3) is 6.01 Å². The lowest BCUT2D eigenvalue weighted by Crippen LogP contribution is -2.30. The fraction of sp³-hybridized carbons (Fsp3) is 0.700. The molecule has 1 saturated carbocycles. The summed E-state index contributed by atoms with van der Waals surface area (Å²) in [6.45, 7) is 4.13. The maximum absolute atomic E-state index is 5.23. The van der Waals surface area contributed by atoms with Gasteiger partial charge in [0.15, 0.2) is 0 Å². The van der Waals surface area contributed by atoms with Gasteiger partial charge < -0.3 is 9.73 Å². The monoisotopic (exact) mass is 180 g/mol. The van der Waals surface area contributed by atoms with Gasteiger partial charge >= 0.3 is 0 Å². The minimum Gasteiger partial charge on any atom is -0.432 e. The molecule has 0 radical (unpaired) electrons. The van der Waals surface area contributed by atoms with E-state index in [9.17, 15) is 0 Å². The Morgan fingerprint density at radius 3 is 2.85 bits per heavy atom. The first-order valence-corrected chi connectivity index (χ1v) is 4.94. The topological polar surface area (TPSA) is 38.1 Å². The minimum atomic E-state index is 0.492. The molecule has 0 saturated heterocycles. The quantitative estimate of drug-likeness (QED) is 0.777. The highest BCUT2D eigenvalue weighted by molar-refractivity contribution is 5.22. The summed E-state index contributed by atoms with van der Waals surface area (Å²) in [5, 5.41) is 3.29. The van der Waals surface area contributed by atoms with Gasteiger partial charge in [-0.05, 0) is 32.6 Å². The predicted octanol–water partition coefficient (Wildman–Crippen LogP) is 2.58. The van der Waals surface area contributed by atoms with Crippen LogP contribution >= 0.6 is 0 Å². The smallest absolute Gasteiger partial charge is 0.294 e. The van der Waals surface area contributed by atoms with Crippen molar-refractivity contribution in [1.82, 2.24) is 4.98 Å². The third-order valence-corrected chi connectivity index (χ3v) is 2.83. The molecule has 72 valence electrons. The van der Waals surface area contributed by atoms with Crippen LogP contribution in [0.4, 0.5) is 6.01 Å². The molecular weight excluding hydrogens is 164 g/mol. The first-order valence-electron chi connectivity index (χ1n) is 4.94. The van der Waals surface area contributed by atoms with E-state index in [-0.39, 0.29) is 0 Å². The third kappa shape index (κ3) is 1.85. The van der Waals surface area contributed by atoms with Crippen molar-refractivity contribution in [2.75, 3.05) is 5.32 Å². The van der Waals surface area contributed by atoms with Crippen LogP contribution in [0, 0.1) is 12.8 Å². The molecule has 3 heteroatoms. The van der Waals surface area contributed by atoms with Crippen LogP contribution in [0.3, 0.4) is 0 Å². The molecule has 0 aliphatic heterocycles. The van der Waals surface area contributed by atoms with Crippen LogP contribution in [-0.2, 0) is 0 Å². The number of hydrogen-bond acceptors (Lipinski definition) is 3. The van der Waals surface area contributed by atoms with Gasteiger partial charge in [0, 0.05) is 6.04 Å². The minimum absolute atomic E-state index is 0.492. The Morgan fingerprint density at radius 2 is 2.38 bits per heavy atom. The molecule has 0 aromatic carbocycles. The van der Waals surface area contributed by atoms with E-state index in [1.54, 1.807) is 6.26 Å². The Balaban J connectivity index is 1.89. The van der Waals surface area contributed by atoms with Crippen molar-refractivity contribution in [2.45, 2.75) is 39.2 Å². The highest BCUT2D eigenvalue weighted by atomic mass is 16.4. The van der Waals surface area contributed by atoms with Crippen molar-refractivity contribution in [1.29, 1.82) is 0 Å². The zero-order chi connectivity index (χ0) is 9.26. The number of rotatable bonds is 3. The maximum Gasteiger partial charge on any atom is 0.294 e. The first kappa shape index (κ1) is 8.60. The zero-order valence-electron chi connectivity index (χ0n) is 8.21. The summed E-state index contributed by atoms with van der Waals surface area (Å²) in [5.74, 6) is 0.812. The van der Waals surface area contributed by atoms with E-state index in [0.717, 1.165) is 11.6 Å². The largest absolute Gasteiger partial charge is 0.432 e. The Bertz CT molecular complexity index is 278. The number of oxazole rings is 1. The van der Waals surface area contributed by atoms with Crippen LogP contribution in [0.1, 0.15) is 31.9 Å². The number of aryl methyl sites for hydroxylation is 1. The van der Waals surface area contributed by atoms with Crippen LogP contribution in [0.15, 0.2) is 10.7 Å². The van der Waals surface area contributed by atoms with Crippen molar-refractivity contribution < 1.29 is 4.42 Å². The predicted molar refractivity (Wildman–Crippen MR) is 51.7 cm³/mol.